The molecular weight excluding hydrogens is 280 g/mol. The molecule has 0 spiro atoms. The predicted octanol–water partition coefficient (Wildman–Crippen LogP) is 0.439. The van der Waals surface area contributed by atoms with Crippen molar-refractivity contribution in [2.75, 3.05) is 6.54 Å². The zero-order chi connectivity index (χ0) is 14.8. The molecule has 0 unspecified atom stereocenters. The summed E-state index contributed by atoms with van der Waals surface area (Å²) in [6.45, 7) is 3.72. The van der Waals surface area contributed by atoms with Gasteiger partial charge in [0, 0.05) is 12.1 Å². The first-order valence-electron chi connectivity index (χ1n) is 5.96. The van der Waals surface area contributed by atoms with Crippen molar-refractivity contribution in [3.63, 3.8) is 0 Å². The van der Waals surface area contributed by atoms with Crippen molar-refractivity contribution >= 4 is 10.0 Å². The highest BCUT2D eigenvalue weighted by molar-refractivity contribution is 7.89. The van der Waals surface area contributed by atoms with Crippen LogP contribution >= 0.6 is 0 Å². The number of aromatic amines is 1. The lowest BCUT2D eigenvalue weighted by Gasteiger charge is -2.09. The molecule has 0 atom stereocenters. The number of sulfonamides is 1. The zero-order valence-electron chi connectivity index (χ0n) is 11.0. The molecule has 2 N–H and O–H groups in total. The van der Waals surface area contributed by atoms with Crippen molar-refractivity contribution in [3.05, 3.63) is 40.4 Å². The van der Waals surface area contributed by atoms with E-state index in [4.69, 9.17) is 0 Å². The lowest BCUT2D eigenvalue weighted by Crippen LogP contribution is -2.24. The Morgan fingerprint density at radius 2 is 2.10 bits per heavy atom. The number of aryl methyl sites for hydroxylation is 1. The van der Waals surface area contributed by atoms with Crippen LogP contribution in [0.5, 0.6) is 0 Å². The molecule has 0 fully saturated rings. The van der Waals surface area contributed by atoms with Crippen LogP contribution in [-0.2, 0) is 10.0 Å². The van der Waals surface area contributed by atoms with Crippen molar-refractivity contribution in [1.82, 2.24) is 19.9 Å². The van der Waals surface area contributed by atoms with E-state index in [-0.39, 0.29) is 4.90 Å². The maximum atomic E-state index is 12.1. The van der Waals surface area contributed by atoms with Crippen LogP contribution in [0.3, 0.4) is 0 Å². The summed E-state index contributed by atoms with van der Waals surface area (Å²) in [7, 11) is -3.57. The van der Waals surface area contributed by atoms with E-state index >= 15 is 0 Å². The molecule has 0 aliphatic heterocycles. The first-order valence-corrected chi connectivity index (χ1v) is 7.45. The van der Waals surface area contributed by atoms with Gasteiger partial charge in [-0.05, 0) is 18.6 Å². The van der Waals surface area contributed by atoms with Crippen LogP contribution in [0.2, 0.25) is 0 Å². The average Bonchev–Trinajstić information content (AvgIpc) is 2.39. The van der Waals surface area contributed by atoms with Crippen LogP contribution in [0, 0.1) is 6.92 Å². The SMILES string of the molecule is CCNS(=O)(=O)c1cc(-c2cn[nH]c(=O)n2)ccc1C. The van der Waals surface area contributed by atoms with Crippen molar-refractivity contribution in [1.29, 1.82) is 0 Å². The molecule has 2 rings (SSSR count). The van der Waals surface area contributed by atoms with Gasteiger partial charge in [-0.3, -0.25) is 0 Å². The Kier molecular flexibility index (Phi) is 3.96. The number of aromatic nitrogens is 3. The van der Waals surface area contributed by atoms with Crippen LogP contribution in [0.25, 0.3) is 11.3 Å². The molecule has 0 aliphatic carbocycles. The van der Waals surface area contributed by atoms with E-state index in [1.807, 2.05) is 0 Å². The highest BCUT2D eigenvalue weighted by Crippen LogP contribution is 2.22. The maximum Gasteiger partial charge on any atom is 0.361 e. The standard InChI is InChI=1S/C12H14N4O3S/c1-3-14-20(18,19)11-6-9(5-4-8(11)2)10-7-13-16-12(17)15-10/h4-7,14H,3H2,1-2H3,(H,15,16,17). The van der Waals surface area contributed by atoms with Gasteiger partial charge in [0.15, 0.2) is 0 Å². The minimum Gasteiger partial charge on any atom is -0.244 e. The molecule has 2 aromatic rings. The van der Waals surface area contributed by atoms with E-state index in [1.54, 1.807) is 26.0 Å². The van der Waals surface area contributed by atoms with E-state index in [2.05, 4.69) is 19.9 Å². The smallest absolute Gasteiger partial charge is 0.244 e. The molecule has 106 valence electrons. The second-order valence-electron chi connectivity index (χ2n) is 4.15. The van der Waals surface area contributed by atoms with E-state index < -0.39 is 15.7 Å². The fraction of sp³-hybridized carbons (Fsp3) is 0.250. The Morgan fingerprint density at radius 1 is 1.35 bits per heavy atom. The van der Waals surface area contributed by atoms with E-state index in [9.17, 15) is 13.2 Å². The summed E-state index contributed by atoms with van der Waals surface area (Å²) in [5.41, 5.74) is 0.874. The second kappa shape index (κ2) is 5.51. The van der Waals surface area contributed by atoms with Gasteiger partial charge in [0.05, 0.1) is 16.8 Å². The van der Waals surface area contributed by atoms with Gasteiger partial charge in [0.1, 0.15) is 0 Å². The van der Waals surface area contributed by atoms with Gasteiger partial charge in [-0.2, -0.15) is 10.1 Å². The van der Waals surface area contributed by atoms with Gasteiger partial charge in [0.25, 0.3) is 0 Å². The summed E-state index contributed by atoms with van der Waals surface area (Å²) in [5, 5.41) is 5.82. The summed E-state index contributed by atoms with van der Waals surface area (Å²) in [6.07, 6.45) is 1.37. The molecule has 0 saturated heterocycles. The third-order valence-corrected chi connectivity index (χ3v) is 4.36. The lowest BCUT2D eigenvalue weighted by atomic mass is 10.1. The molecule has 0 aliphatic rings. The fourth-order valence-corrected chi connectivity index (χ4v) is 3.08. The van der Waals surface area contributed by atoms with Crippen molar-refractivity contribution in [2.24, 2.45) is 0 Å². The third-order valence-electron chi connectivity index (χ3n) is 2.68. The fourth-order valence-electron chi connectivity index (χ4n) is 1.77. The lowest BCUT2D eigenvalue weighted by molar-refractivity contribution is 0.583. The van der Waals surface area contributed by atoms with Crippen molar-refractivity contribution < 1.29 is 8.42 Å². The summed E-state index contributed by atoms with van der Waals surface area (Å²) < 4.78 is 26.6. The highest BCUT2D eigenvalue weighted by atomic mass is 32.2. The summed E-state index contributed by atoms with van der Waals surface area (Å²) in [5.74, 6) is 0. The molecule has 20 heavy (non-hydrogen) atoms. The summed E-state index contributed by atoms with van der Waals surface area (Å²) >= 11 is 0. The number of hydrogen-bond acceptors (Lipinski definition) is 5. The van der Waals surface area contributed by atoms with Gasteiger partial charge in [-0.25, -0.2) is 23.0 Å². The first-order chi connectivity index (χ1) is 9.44. The Hall–Kier alpha value is -2.06. The summed E-state index contributed by atoms with van der Waals surface area (Å²) in [4.78, 5) is 15.1. The van der Waals surface area contributed by atoms with E-state index in [0.717, 1.165) is 0 Å². The predicted molar refractivity (Wildman–Crippen MR) is 73.7 cm³/mol. The van der Waals surface area contributed by atoms with Gasteiger partial charge in [-0.15, -0.1) is 0 Å². The number of nitrogens with zero attached hydrogens (tertiary/aromatic N) is 2. The first kappa shape index (κ1) is 14.4. The Labute approximate surface area is 116 Å². The minimum atomic E-state index is -3.57. The largest absolute Gasteiger partial charge is 0.361 e. The molecule has 0 saturated carbocycles. The molecule has 1 aromatic carbocycles. The number of rotatable bonds is 4. The van der Waals surface area contributed by atoms with Gasteiger partial charge in [0.2, 0.25) is 10.0 Å². The van der Waals surface area contributed by atoms with Gasteiger partial charge >= 0.3 is 5.69 Å². The van der Waals surface area contributed by atoms with Crippen LogP contribution < -0.4 is 10.4 Å². The second-order valence-corrected chi connectivity index (χ2v) is 5.89. The minimum absolute atomic E-state index is 0.166. The van der Waals surface area contributed by atoms with E-state index in [0.29, 0.717) is 23.4 Å². The van der Waals surface area contributed by atoms with E-state index in [1.165, 1.54) is 12.3 Å². The van der Waals surface area contributed by atoms with Crippen LogP contribution in [-0.4, -0.2) is 30.1 Å². The number of hydrogen-bond donors (Lipinski definition) is 2. The number of nitrogens with one attached hydrogen (secondary N) is 2. The summed E-state index contributed by atoms with van der Waals surface area (Å²) in [6, 6.07) is 4.85. The normalized spacial score (nSPS) is 11.5. The van der Waals surface area contributed by atoms with Crippen LogP contribution in [0.4, 0.5) is 0 Å². The molecule has 0 radical (unpaired) electrons. The van der Waals surface area contributed by atoms with Crippen molar-refractivity contribution in [2.45, 2.75) is 18.7 Å². The topological polar surface area (TPSA) is 105 Å². The molecule has 0 bridgehead atoms. The number of benzene rings is 1. The maximum absolute atomic E-state index is 12.1. The highest BCUT2D eigenvalue weighted by Gasteiger charge is 2.17. The van der Waals surface area contributed by atoms with Gasteiger partial charge < -0.3 is 0 Å². The number of H-pyrrole nitrogens is 1. The Morgan fingerprint density at radius 3 is 2.75 bits per heavy atom. The third kappa shape index (κ3) is 2.91. The molecule has 7 nitrogen and oxygen atoms in total. The average molecular weight is 294 g/mol. The zero-order valence-corrected chi connectivity index (χ0v) is 11.9. The van der Waals surface area contributed by atoms with Gasteiger partial charge in [-0.1, -0.05) is 19.1 Å². The molecule has 8 heteroatoms. The van der Waals surface area contributed by atoms with Crippen LogP contribution in [0.15, 0.2) is 34.1 Å². The molecule has 1 aromatic heterocycles. The Bertz CT molecular complexity index is 783. The molecule has 0 amide bonds. The van der Waals surface area contributed by atoms with Crippen LogP contribution in [0.1, 0.15) is 12.5 Å². The molecular formula is C12H14N4O3S. The quantitative estimate of drug-likeness (QED) is 0.851. The molecule has 1 heterocycles. The monoisotopic (exact) mass is 294 g/mol. The van der Waals surface area contributed by atoms with Crippen molar-refractivity contribution in [3.8, 4) is 11.3 Å². The Balaban J connectivity index is 2.57.